The normalized spacial score (nSPS) is 11.0. The van der Waals surface area contributed by atoms with Crippen molar-refractivity contribution in [2.24, 2.45) is 0 Å². The number of aromatic nitrogens is 1. The molecule has 0 aliphatic heterocycles. The standard InChI is InChI=1S/C24H22N2O3/c1-15(2)16-8-10-17(11-9-16)24-26-20-14-18(12-13-22(20)29-24)25-23(27)19-6-4-5-7-21(19)28-3/h4-15H,1-3H3,(H,25,27). The van der Waals surface area contributed by atoms with Crippen LogP contribution in [0.4, 0.5) is 5.69 Å². The van der Waals surface area contributed by atoms with E-state index in [2.05, 4.69) is 36.3 Å². The van der Waals surface area contributed by atoms with E-state index in [9.17, 15) is 4.79 Å². The van der Waals surface area contributed by atoms with Crippen molar-refractivity contribution in [3.8, 4) is 17.2 Å². The van der Waals surface area contributed by atoms with Crippen LogP contribution in [0.1, 0.15) is 35.7 Å². The highest BCUT2D eigenvalue weighted by molar-refractivity contribution is 6.06. The van der Waals surface area contributed by atoms with Gasteiger partial charge in [-0.15, -0.1) is 0 Å². The third-order valence-electron chi connectivity index (χ3n) is 4.82. The molecule has 1 amide bonds. The first-order valence-corrected chi connectivity index (χ1v) is 9.50. The molecule has 4 rings (SSSR count). The van der Waals surface area contributed by atoms with Crippen LogP contribution in [0.3, 0.4) is 0 Å². The number of rotatable bonds is 5. The lowest BCUT2D eigenvalue weighted by Gasteiger charge is -2.08. The molecule has 0 aliphatic rings. The average molecular weight is 386 g/mol. The number of ether oxygens (including phenoxy) is 1. The number of nitrogens with one attached hydrogen (secondary N) is 1. The fourth-order valence-corrected chi connectivity index (χ4v) is 3.17. The molecule has 29 heavy (non-hydrogen) atoms. The van der Waals surface area contributed by atoms with Gasteiger partial charge in [-0.25, -0.2) is 4.98 Å². The second kappa shape index (κ2) is 7.80. The number of hydrogen-bond acceptors (Lipinski definition) is 4. The van der Waals surface area contributed by atoms with Crippen LogP contribution in [0, 0.1) is 0 Å². The van der Waals surface area contributed by atoms with E-state index in [1.165, 1.54) is 5.56 Å². The predicted octanol–water partition coefficient (Wildman–Crippen LogP) is 5.88. The number of carbonyl (C=O) groups excluding carboxylic acids is 1. The molecule has 0 unspecified atom stereocenters. The van der Waals surface area contributed by atoms with Crippen molar-refractivity contribution in [1.82, 2.24) is 4.98 Å². The van der Waals surface area contributed by atoms with Crippen molar-refractivity contribution in [2.45, 2.75) is 19.8 Å². The highest BCUT2D eigenvalue weighted by atomic mass is 16.5. The largest absolute Gasteiger partial charge is 0.496 e. The summed E-state index contributed by atoms with van der Waals surface area (Å²) in [5.74, 6) is 1.32. The quantitative estimate of drug-likeness (QED) is 0.465. The Labute approximate surface area is 169 Å². The van der Waals surface area contributed by atoms with E-state index >= 15 is 0 Å². The first kappa shape index (κ1) is 18.7. The zero-order chi connectivity index (χ0) is 20.4. The zero-order valence-corrected chi connectivity index (χ0v) is 16.6. The van der Waals surface area contributed by atoms with Crippen LogP contribution in [0.25, 0.3) is 22.6 Å². The van der Waals surface area contributed by atoms with E-state index in [1.54, 1.807) is 37.4 Å². The van der Waals surface area contributed by atoms with Crippen molar-refractivity contribution in [2.75, 3.05) is 12.4 Å². The van der Waals surface area contributed by atoms with Gasteiger partial charge in [-0.05, 0) is 53.9 Å². The lowest BCUT2D eigenvalue weighted by Crippen LogP contribution is -2.13. The maximum Gasteiger partial charge on any atom is 0.259 e. The predicted molar refractivity (Wildman–Crippen MR) is 114 cm³/mol. The van der Waals surface area contributed by atoms with E-state index in [1.807, 2.05) is 24.3 Å². The van der Waals surface area contributed by atoms with E-state index < -0.39 is 0 Å². The molecule has 1 aromatic heterocycles. The monoisotopic (exact) mass is 386 g/mol. The number of para-hydroxylation sites is 1. The minimum Gasteiger partial charge on any atom is -0.496 e. The number of anilines is 1. The van der Waals surface area contributed by atoms with Crippen molar-refractivity contribution >= 4 is 22.7 Å². The summed E-state index contributed by atoms with van der Waals surface area (Å²) in [6.45, 7) is 4.32. The Hall–Kier alpha value is -3.60. The average Bonchev–Trinajstić information content (AvgIpc) is 3.17. The molecular weight excluding hydrogens is 364 g/mol. The van der Waals surface area contributed by atoms with Gasteiger partial charge in [-0.3, -0.25) is 4.79 Å². The van der Waals surface area contributed by atoms with Gasteiger partial charge in [0.25, 0.3) is 5.91 Å². The smallest absolute Gasteiger partial charge is 0.259 e. The van der Waals surface area contributed by atoms with Gasteiger partial charge in [-0.1, -0.05) is 38.1 Å². The molecule has 3 aromatic carbocycles. The topological polar surface area (TPSA) is 64.4 Å². The van der Waals surface area contributed by atoms with Gasteiger partial charge in [-0.2, -0.15) is 0 Å². The van der Waals surface area contributed by atoms with Crippen molar-refractivity contribution < 1.29 is 13.9 Å². The first-order chi connectivity index (χ1) is 14.0. The van der Waals surface area contributed by atoms with Gasteiger partial charge in [0.2, 0.25) is 5.89 Å². The second-order valence-corrected chi connectivity index (χ2v) is 7.13. The molecule has 0 spiro atoms. The van der Waals surface area contributed by atoms with Gasteiger partial charge in [0.1, 0.15) is 11.3 Å². The first-order valence-electron chi connectivity index (χ1n) is 9.50. The molecule has 0 bridgehead atoms. The number of oxazole rings is 1. The van der Waals surface area contributed by atoms with Crippen LogP contribution in [-0.2, 0) is 0 Å². The van der Waals surface area contributed by atoms with Crippen LogP contribution in [0.2, 0.25) is 0 Å². The number of fused-ring (bicyclic) bond motifs is 1. The number of nitrogens with zero attached hydrogens (tertiary/aromatic N) is 1. The van der Waals surface area contributed by atoms with Gasteiger partial charge in [0.15, 0.2) is 5.58 Å². The van der Waals surface area contributed by atoms with E-state index in [4.69, 9.17) is 9.15 Å². The van der Waals surface area contributed by atoms with Crippen molar-refractivity contribution in [1.29, 1.82) is 0 Å². The van der Waals surface area contributed by atoms with Gasteiger partial charge in [0, 0.05) is 11.3 Å². The molecule has 4 aromatic rings. The molecule has 0 radical (unpaired) electrons. The van der Waals surface area contributed by atoms with Gasteiger partial charge < -0.3 is 14.5 Å². The summed E-state index contributed by atoms with van der Waals surface area (Å²) in [6.07, 6.45) is 0. The Morgan fingerprint density at radius 3 is 2.52 bits per heavy atom. The Kier molecular flexibility index (Phi) is 5.04. The Morgan fingerprint density at radius 1 is 1.03 bits per heavy atom. The summed E-state index contributed by atoms with van der Waals surface area (Å²) < 4.78 is 11.2. The summed E-state index contributed by atoms with van der Waals surface area (Å²) in [4.78, 5) is 17.2. The fraction of sp³-hybridized carbons (Fsp3) is 0.167. The van der Waals surface area contributed by atoms with E-state index in [0.717, 1.165) is 5.56 Å². The van der Waals surface area contributed by atoms with Gasteiger partial charge >= 0.3 is 0 Å². The highest BCUT2D eigenvalue weighted by Crippen LogP contribution is 2.28. The zero-order valence-electron chi connectivity index (χ0n) is 16.6. The lowest BCUT2D eigenvalue weighted by molar-refractivity contribution is 0.102. The van der Waals surface area contributed by atoms with Crippen LogP contribution in [-0.4, -0.2) is 18.0 Å². The molecule has 0 saturated heterocycles. The maximum absolute atomic E-state index is 12.6. The molecule has 0 atom stereocenters. The number of hydrogen-bond donors (Lipinski definition) is 1. The number of amides is 1. The minimum absolute atomic E-state index is 0.241. The molecule has 0 aliphatic carbocycles. The molecule has 1 N–H and O–H groups in total. The third kappa shape index (κ3) is 3.85. The molecule has 0 fully saturated rings. The van der Waals surface area contributed by atoms with Crippen molar-refractivity contribution in [3.63, 3.8) is 0 Å². The Bertz CT molecular complexity index is 1160. The minimum atomic E-state index is -0.241. The SMILES string of the molecule is COc1ccccc1C(=O)Nc1ccc2oc(-c3ccc(C(C)C)cc3)nc2c1. The number of carbonyl (C=O) groups is 1. The van der Waals surface area contributed by atoms with Gasteiger partial charge in [0.05, 0.1) is 12.7 Å². The van der Waals surface area contributed by atoms with Crippen LogP contribution in [0.5, 0.6) is 5.75 Å². The molecule has 1 heterocycles. The summed E-state index contributed by atoms with van der Waals surface area (Å²) >= 11 is 0. The third-order valence-corrected chi connectivity index (χ3v) is 4.82. The van der Waals surface area contributed by atoms with E-state index in [-0.39, 0.29) is 5.91 Å². The van der Waals surface area contributed by atoms with Crippen LogP contribution < -0.4 is 10.1 Å². The molecule has 5 nitrogen and oxygen atoms in total. The summed E-state index contributed by atoms with van der Waals surface area (Å²) in [6, 6.07) is 20.7. The molecule has 0 saturated carbocycles. The van der Waals surface area contributed by atoms with E-state index in [0.29, 0.717) is 39.9 Å². The molecule has 146 valence electrons. The summed E-state index contributed by atoms with van der Waals surface area (Å²) in [5, 5.41) is 2.89. The number of methoxy groups -OCH3 is 1. The molecular formula is C24H22N2O3. The highest BCUT2D eigenvalue weighted by Gasteiger charge is 2.14. The maximum atomic E-state index is 12.6. The summed E-state index contributed by atoms with van der Waals surface area (Å²) in [7, 11) is 1.54. The Balaban J connectivity index is 1.59. The van der Waals surface area contributed by atoms with Crippen LogP contribution >= 0.6 is 0 Å². The van der Waals surface area contributed by atoms with Crippen LogP contribution in [0.15, 0.2) is 71.1 Å². The second-order valence-electron chi connectivity index (χ2n) is 7.13. The lowest BCUT2D eigenvalue weighted by atomic mass is 10.0. The fourth-order valence-electron chi connectivity index (χ4n) is 3.17. The summed E-state index contributed by atoms with van der Waals surface area (Å²) in [5.41, 5.74) is 4.66. The van der Waals surface area contributed by atoms with Crippen molar-refractivity contribution in [3.05, 3.63) is 77.9 Å². The number of benzene rings is 3. The molecule has 5 heteroatoms. The Morgan fingerprint density at radius 2 is 1.79 bits per heavy atom.